The van der Waals surface area contributed by atoms with Crippen molar-refractivity contribution in [3.05, 3.63) is 33.8 Å². The number of hydrogen-bond acceptors (Lipinski definition) is 2. The number of piperidine rings is 1. The molecule has 1 N–H and O–H groups in total. The third-order valence-electron chi connectivity index (χ3n) is 5.86. The predicted molar refractivity (Wildman–Crippen MR) is 109 cm³/mol. The van der Waals surface area contributed by atoms with Crippen LogP contribution in [-0.4, -0.2) is 35.8 Å². The molecule has 4 nitrogen and oxygen atoms in total. The first-order valence-corrected chi connectivity index (χ1v) is 10.8. The van der Waals surface area contributed by atoms with Crippen LogP contribution >= 0.6 is 23.2 Å². The highest BCUT2D eigenvalue weighted by molar-refractivity contribution is 6.42. The van der Waals surface area contributed by atoms with E-state index in [1.165, 1.54) is 32.1 Å². The highest BCUT2D eigenvalue weighted by atomic mass is 35.5. The molecule has 27 heavy (non-hydrogen) atoms. The van der Waals surface area contributed by atoms with Crippen LogP contribution in [0.4, 0.5) is 0 Å². The van der Waals surface area contributed by atoms with E-state index in [4.69, 9.17) is 23.2 Å². The molecule has 2 amide bonds. The number of benzene rings is 1. The van der Waals surface area contributed by atoms with Gasteiger partial charge in [-0.05, 0) is 43.4 Å². The van der Waals surface area contributed by atoms with E-state index in [0.29, 0.717) is 22.0 Å². The molecule has 0 bridgehead atoms. The monoisotopic (exact) mass is 410 g/mol. The summed E-state index contributed by atoms with van der Waals surface area (Å²) >= 11 is 11.9. The average Bonchev–Trinajstić information content (AvgIpc) is 2.69. The SMILES string of the molecule is O=C(NC1CCN(C(=O)CCC2CCCCC2)CC1)c1ccc(Cl)c(Cl)c1. The lowest BCUT2D eigenvalue weighted by Gasteiger charge is -2.33. The molecule has 0 atom stereocenters. The molecule has 2 fully saturated rings. The summed E-state index contributed by atoms with van der Waals surface area (Å²) in [5, 5.41) is 3.86. The largest absolute Gasteiger partial charge is 0.349 e. The fourth-order valence-corrected chi connectivity index (χ4v) is 4.44. The molecule has 3 rings (SSSR count). The quantitative estimate of drug-likeness (QED) is 0.735. The van der Waals surface area contributed by atoms with E-state index >= 15 is 0 Å². The van der Waals surface area contributed by atoms with Gasteiger partial charge < -0.3 is 10.2 Å². The number of nitrogens with one attached hydrogen (secondary N) is 1. The smallest absolute Gasteiger partial charge is 0.251 e. The molecule has 0 unspecified atom stereocenters. The van der Waals surface area contributed by atoms with Crippen LogP contribution in [0.15, 0.2) is 18.2 Å². The fourth-order valence-electron chi connectivity index (χ4n) is 4.14. The first-order valence-electron chi connectivity index (χ1n) is 10.1. The van der Waals surface area contributed by atoms with Crippen molar-refractivity contribution in [2.45, 2.75) is 63.8 Å². The van der Waals surface area contributed by atoms with Crippen molar-refractivity contribution in [1.29, 1.82) is 0 Å². The second-order valence-electron chi connectivity index (χ2n) is 7.80. The Labute approximate surface area is 171 Å². The molecule has 2 aliphatic rings. The minimum absolute atomic E-state index is 0.0920. The van der Waals surface area contributed by atoms with Crippen molar-refractivity contribution in [1.82, 2.24) is 10.2 Å². The highest BCUT2D eigenvalue weighted by Crippen LogP contribution is 2.28. The topological polar surface area (TPSA) is 49.4 Å². The average molecular weight is 411 g/mol. The zero-order valence-corrected chi connectivity index (χ0v) is 17.2. The van der Waals surface area contributed by atoms with Crippen molar-refractivity contribution in [2.24, 2.45) is 5.92 Å². The minimum Gasteiger partial charge on any atom is -0.349 e. The second kappa shape index (κ2) is 9.79. The Bertz CT molecular complexity index is 666. The molecular weight excluding hydrogens is 383 g/mol. The number of amides is 2. The Kier molecular flexibility index (Phi) is 7.42. The standard InChI is InChI=1S/C21H28Cl2N2O2/c22-18-8-7-16(14-19(18)23)21(27)24-17-10-12-25(13-11-17)20(26)9-6-15-4-2-1-3-5-15/h7-8,14-15,17H,1-6,9-13H2,(H,24,27). The van der Waals surface area contributed by atoms with Gasteiger partial charge in [0.05, 0.1) is 10.0 Å². The van der Waals surface area contributed by atoms with Crippen molar-refractivity contribution in [2.75, 3.05) is 13.1 Å². The number of carbonyl (C=O) groups is 2. The lowest BCUT2D eigenvalue weighted by molar-refractivity contribution is -0.132. The van der Waals surface area contributed by atoms with Gasteiger partial charge in [0, 0.05) is 31.1 Å². The molecule has 1 aliphatic heterocycles. The minimum atomic E-state index is -0.143. The number of hydrogen-bond donors (Lipinski definition) is 1. The molecule has 1 aromatic rings. The van der Waals surface area contributed by atoms with E-state index in [0.717, 1.165) is 38.3 Å². The Balaban J connectivity index is 1.40. The molecule has 1 saturated heterocycles. The Hall–Kier alpha value is -1.26. The van der Waals surface area contributed by atoms with Crippen LogP contribution in [0.5, 0.6) is 0 Å². The van der Waals surface area contributed by atoms with Gasteiger partial charge in [0.25, 0.3) is 5.91 Å². The number of carbonyl (C=O) groups excluding carboxylic acids is 2. The van der Waals surface area contributed by atoms with E-state index in [9.17, 15) is 9.59 Å². The van der Waals surface area contributed by atoms with Crippen LogP contribution in [0.1, 0.15) is 68.1 Å². The van der Waals surface area contributed by atoms with Crippen LogP contribution in [-0.2, 0) is 4.79 Å². The molecule has 6 heteroatoms. The number of halogens is 2. The van der Waals surface area contributed by atoms with E-state index in [1.54, 1.807) is 18.2 Å². The zero-order chi connectivity index (χ0) is 19.2. The van der Waals surface area contributed by atoms with Crippen molar-refractivity contribution in [3.8, 4) is 0 Å². The van der Waals surface area contributed by atoms with Crippen molar-refractivity contribution >= 4 is 35.0 Å². The van der Waals surface area contributed by atoms with Gasteiger partial charge in [0.1, 0.15) is 0 Å². The summed E-state index contributed by atoms with van der Waals surface area (Å²) in [6.07, 6.45) is 9.87. The molecule has 1 aromatic carbocycles. The molecule has 1 saturated carbocycles. The maximum atomic E-state index is 12.5. The van der Waals surface area contributed by atoms with Gasteiger partial charge in [-0.3, -0.25) is 9.59 Å². The normalized spacial score (nSPS) is 19.1. The van der Waals surface area contributed by atoms with Gasteiger partial charge in [0.2, 0.25) is 5.91 Å². The Morgan fingerprint density at radius 1 is 1.00 bits per heavy atom. The number of rotatable bonds is 5. The molecule has 0 aromatic heterocycles. The molecular formula is C21H28Cl2N2O2. The van der Waals surface area contributed by atoms with Gasteiger partial charge in [-0.15, -0.1) is 0 Å². The van der Waals surface area contributed by atoms with Gasteiger partial charge in [-0.25, -0.2) is 0 Å². The number of nitrogens with zero attached hydrogens (tertiary/aromatic N) is 1. The van der Waals surface area contributed by atoms with E-state index in [2.05, 4.69) is 5.32 Å². The van der Waals surface area contributed by atoms with Crippen LogP contribution in [0.3, 0.4) is 0 Å². The molecule has 1 aliphatic carbocycles. The lowest BCUT2D eigenvalue weighted by atomic mass is 9.86. The molecule has 0 spiro atoms. The lowest BCUT2D eigenvalue weighted by Crippen LogP contribution is -2.46. The zero-order valence-electron chi connectivity index (χ0n) is 15.7. The fraction of sp³-hybridized carbons (Fsp3) is 0.619. The first-order chi connectivity index (χ1) is 13.0. The van der Waals surface area contributed by atoms with E-state index in [-0.39, 0.29) is 17.9 Å². The maximum Gasteiger partial charge on any atom is 0.251 e. The Morgan fingerprint density at radius 2 is 1.70 bits per heavy atom. The van der Waals surface area contributed by atoms with Crippen LogP contribution in [0.25, 0.3) is 0 Å². The van der Waals surface area contributed by atoms with Gasteiger partial charge in [-0.2, -0.15) is 0 Å². The third-order valence-corrected chi connectivity index (χ3v) is 6.59. The van der Waals surface area contributed by atoms with Crippen LogP contribution in [0, 0.1) is 5.92 Å². The van der Waals surface area contributed by atoms with Crippen molar-refractivity contribution < 1.29 is 9.59 Å². The first kappa shape index (κ1) is 20.5. The van der Waals surface area contributed by atoms with E-state index < -0.39 is 0 Å². The van der Waals surface area contributed by atoms with Gasteiger partial charge >= 0.3 is 0 Å². The maximum absolute atomic E-state index is 12.5. The summed E-state index contributed by atoms with van der Waals surface area (Å²) in [7, 11) is 0. The summed E-state index contributed by atoms with van der Waals surface area (Å²) in [5.74, 6) is 0.871. The highest BCUT2D eigenvalue weighted by Gasteiger charge is 2.25. The third kappa shape index (κ3) is 5.86. The predicted octanol–water partition coefficient (Wildman–Crippen LogP) is 5.07. The van der Waals surface area contributed by atoms with E-state index in [1.807, 2.05) is 4.90 Å². The molecule has 1 heterocycles. The van der Waals surface area contributed by atoms with Crippen LogP contribution < -0.4 is 5.32 Å². The summed E-state index contributed by atoms with van der Waals surface area (Å²) in [6.45, 7) is 1.44. The van der Waals surface area contributed by atoms with Gasteiger partial charge in [0.15, 0.2) is 0 Å². The summed E-state index contributed by atoms with van der Waals surface area (Å²) in [5.41, 5.74) is 0.510. The number of likely N-dealkylation sites (tertiary alicyclic amines) is 1. The second-order valence-corrected chi connectivity index (χ2v) is 8.61. The van der Waals surface area contributed by atoms with Crippen molar-refractivity contribution in [3.63, 3.8) is 0 Å². The summed E-state index contributed by atoms with van der Waals surface area (Å²) in [4.78, 5) is 26.8. The van der Waals surface area contributed by atoms with Crippen LogP contribution in [0.2, 0.25) is 10.0 Å². The van der Waals surface area contributed by atoms with Gasteiger partial charge in [-0.1, -0.05) is 55.3 Å². The Morgan fingerprint density at radius 3 is 2.37 bits per heavy atom. The summed E-state index contributed by atoms with van der Waals surface area (Å²) in [6, 6.07) is 4.98. The summed E-state index contributed by atoms with van der Waals surface area (Å²) < 4.78 is 0. The molecule has 148 valence electrons. The molecule has 0 radical (unpaired) electrons.